The van der Waals surface area contributed by atoms with Crippen LogP contribution in [0, 0.1) is 11.7 Å². The molecule has 0 unspecified atom stereocenters. The van der Waals surface area contributed by atoms with E-state index in [1.54, 1.807) is 6.07 Å². The van der Waals surface area contributed by atoms with Gasteiger partial charge in [-0.1, -0.05) is 43.7 Å². The van der Waals surface area contributed by atoms with E-state index in [1.807, 2.05) is 6.07 Å². The second-order valence-electron chi connectivity index (χ2n) is 6.25. The van der Waals surface area contributed by atoms with Gasteiger partial charge in [-0.2, -0.15) is 0 Å². The third-order valence-electron chi connectivity index (χ3n) is 4.37. The lowest BCUT2D eigenvalue weighted by Gasteiger charge is -2.28. The van der Waals surface area contributed by atoms with Crippen molar-refractivity contribution in [2.45, 2.75) is 38.6 Å². The van der Waals surface area contributed by atoms with Crippen LogP contribution in [0.25, 0.3) is 0 Å². The van der Waals surface area contributed by atoms with Crippen LogP contribution >= 0.6 is 11.6 Å². The molecule has 1 saturated heterocycles. The highest BCUT2D eigenvalue weighted by atomic mass is 35.5. The van der Waals surface area contributed by atoms with Crippen molar-refractivity contribution < 1.29 is 9.13 Å². The van der Waals surface area contributed by atoms with Crippen LogP contribution in [0.15, 0.2) is 30.4 Å². The molecular formula is C18H25ClFNO. The highest BCUT2D eigenvalue weighted by molar-refractivity contribution is 6.30. The fourth-order valence-electron chi connectivity index (χ4n) is 2.78. The molecule has 0 radical (unpaired) electrons. The largest absolute Gasteiger partial charge is 0.381 e. The molecule has 1 aliphatic heterocycles. The third-order valence-corrected chi connectivity index (χ3v) is 4.67. The molecule has 22 heavy (non-hydrogen) atoms. The van der Waals surface area contributed by atoms with Crippen LogP contribution in [-0.2, 0) is 4.74 Å². The molecule has 1 fully saturated rings. The Labute approximate surface area is 137 Å². The van der Waals surface area contributed by atoms with E-state index in [4.69, 9.17) is 16.3 Å². The van der Waals surface area contributed by atoms with Crippen LogP contribution in [0.5, 0.6) is 0 Å². The molecule has 0 spiro atoms. The van der Waals surface area contributed by atoms with Crippen LogP contribution < -0.4 is 5.32 Å². The topological polar surface area (TPSA) is 21.3 Å². The molecule has 0 saturated carbocycles. The molecule has 0 bridgehead atoms. The normalized spacial score (nSPS) is 17.7. The lowest BCUT2D eigenvalue weighted by molar-refractivity contribution is 0.0778. The maximum absolute atomic E-state index is 13.8. The number of halogens is 2. The van der Waals surface area contributed by atoms with E-state index in [9.17, 15) is 4.39 Å². The van der Waals surface area contributed by atoms with Gasteiger partial charge in [-0.15, -0.1) is 0 Å². The highest BCUT2D eigenvalue weighted by Crippen LogP contribution is 2.30. The van der Waals surface area contributed by atoms with Gasteiger partial charge < -0.3 is 10.1 Å². The zero-order chi connectivity index (χ0) is 16.1. The summed E-state index contributed by atoms with van der Waals surface area (Å²) in [4.78, 5) is 0. The second-order valence-corrected chi connectivity index (χ2v) is 6.66. The van der Waals surface area contributed by atoms with Crippen LogP contribution in [0.1, 0.15) is 38.2 Å². The van der Waals surface area contributed by atoms with Gasteiger partial charge in [0.15, 0.2) is 0 Å². The van der Waals surface area contributed by atoms with E-state index in [0.29, 0.717) is 12.0 Å². The van der Waals surface area contributed by atoms with E-state index < -0.39 is 0 Å². The molecular weight excluding hydrogens is 301 g/mol. The average molecular weight is 326 g/mol. The molecule has 1 aromatic rings. The third kappa shape index (κ3) is 4.55. The van der Waals surface area contributed by atoms with Crippen molar-refractivity contribution >= 4 is 11.6 Å². The zero-order valence-corrected chi connectivity index (χ0v) is 14.1. The minimum atomic E-state index is -0.369. The van der Waals surface area contributed by atoms with Gasteiger partial charge >= 0.3 is 0 Å². The van der Waals surface area contributed by atoms with Gasteiger partial charge in [0.05, 0.1) is 5.02 Å². The van der Waals surface area contributed by atoms with Crippen molar-refractivity contribution in [1.29, 1.82) is 0 Å². The SMILES string of the molecule is C=C(C(C)C)[C@H](CNC1CCOCC1)c1ccc(Cl)c(F)c1. The van der Waals surface area contributed by atoms with E-state index in [-0.39, 0.29) is 16.8 Å². The van der Waals surface area contributed by atoms with Crippen molar-refractivity contribution in [2.75, 3.05) is 19.8 Å². The van der Waals surface area contributed by atoms with Gasteiger partial charge in [0.25, 0.3) is 0 Å². The molecule has 2 nitrogen and oxygen atoms in total. The fourth-order valence-corrected chi connectivity index (χ4v) is 2.90. The van der Waals surface area contributed by atoms with E-state index >= 15 is 0 Å². The zero-order valence-electron chi connectivity index (χ0n) is 13.4. The number of hydrogen-bond acceptors (Lipinski definition) is 2. The number of hydrogen-bond donors (Lipinski definition) is 1. The van der Waals surface area contributed by atoms with E-state index in [2.05, 4.69) is 25.7 Å². The predicted octanol–water partition coefficient (Wildman–Crippen LogP) is 4.54. The number of benzene rings is 1. The maximum atomic E-state index is 13.8. The van der Waals surface area contributed by atoms with E-state index in [1.165, 1.54) is 6.07 Å². The second kappa shape index (κ2) is 8.09. The first-order valence-corrected chi connectivity index (χ1v) is 8.31. The van der Waals surface area contributed by atoms with Gasteiger partial charge in [0, 0.05) is 31.7 Å². The minimum absolute atomic E-state index is 0.0922. The van der Waals surface area contributed by atoms with Crippen LogP contribution in [0.3, 0.4) is 0 Å². The Morgan fingerprint density at radius 2 is 2.09 bits per heavy atom. The number of nitrogens with one attached hydrogen (secondary N) is 1. The predicted molar refractivity (Wildman–Crippen MR) is 90.0 cm³/mol. The Bertz CT molecular complexity index is 512. The monoisotopic (exact) mass is 325 g/mol. The number of ether oxygens (including phenoxy) is 1. The summed E-state index contributed by atoms with van der Waals surface area (Å²) in [6.07, 6.45) is 2.05. The van der Waals surface area contributed by atoms with Crippen molar-refractivity contribution in [3.63, 3.8) is 0 Å². The van der Waals surface area contributed by atoms with Crippen molar-refractivity contribution in [2.24, 2.45) is 5.92 Å². The Morgan fingerprint density at radius 1 is 1.41 bits per heavy atom. The molecule has 0 aromatic heterocycles. The van der Waals surface area contributed by atoms with Crippen molar-refractivity contribution in [1.82, 2.24) is 5.32 Å². The molecule has 122 valence electrons. The molecule has 1 aromatic carbocycles. The van der Waals surface area contributed by atoms with Gasteiger partial charge in [-0.3, -0.25) is 0 Å². The molecule has 1 N–H and O–H groups in total. The lowest BCUT2D eigenvalue weighted by atomic mass is 9.85. The van der Waals surface area contributed by atoms with Crippen LogP contribution in [-0.4, -0.2) is 25.8 Å². The number of rotatable bonds is 6. The summed E-state index contributed by atoms with van der Waals surface area (Å²) < 4.78 is 19.2. The Hall–Kier alpha value is -0.900. The molecule has 4 heteroatoms. The molecule has 0 amide bonds. The van der Waals surface area contributed by atoms with Crippen molar-refractivity contribution in [3.05, 3.63) is 46.8 Å². The molecule has 0 aliphatic carbocycles. The summed E-state index contributed by atoms with van der Waals surface area (Å²) >= 11 is 5.80. The molecule has 1 aliphatic rings. The first-order valence-electron chi connectivity index (χ1n) is 7.93. The molecule has 1 atom stereocenters. The minimum Gasteiger partial charge on any atom is -0.381 e. The summed E-state index contributed by atoms with van der Waals surface area (Å²) in [6, 6.07) is 5.52. The Morgan fingerprint density at radius 3 is 2.68 bits per heavy atom. The average Bonchev–Trinajstić information content (AvgIpc) is 2.51. The first kappa shape index (κ1) is 17.5. The lowest BCUT2D eigenvalue weighted by Crippen LogP contribution is -2.37. The fraction of sp³-hybridized carbons (Fsp3) is 0.556. The van der Waals surface area contributed by atoms with Gasteiger partial charge in [0.2, 0.25) is 0 Å². The standard InChI is InChI=1S/C18H25ClFNO/c1-12(2)13(3)16(11-21-15-6-8-22-9-7-15)14-4-5-17(19)18(20)10-14/h4-5,10,12,15-16,21H,3,6-9,11H2,1-2H3/t16-/m0/s1. The highest BCUT2D eigenvalue weighted by Gasteiger charge is 2.21. The quantitative estimate of drug-likeness (QED) is 0.775. The van der Waals surface area contributed by atoms with Crippen LogP contribution in [0.4, 0.5) is 4.39 Å². The molecule has 2 rings (SSSR count). The van der Waals surface area contributed by atoms with E-state index in [0.717, 1.165) is 43.7 Å². The van der Waals surface area contributed by atoms with Gasteiger partial charge in [-0.25, -0.2) is 4.39 Å². The Balaban J connectivity index is 2.11. The summed E-state index contributed by atoms with van der Waals surface area (Å²) in [5, 5.41) is 3.76. The summed E-state index contributed by atoms with van der Waals surface area (Å²) in [5.41, 5.74) is 2.04. The van der Waals surface area contributed by atoms with Gasteiger partial charge in [0.1, 0.15) is 5.82 Å². The first-order chi connectivity index (χ1) is 10.5. The summed E-state index contributed by atoms with van der Waals surface area (Å²) in [7, 11) is 0. The smallest absolute Gasteiger partial charge is 0.142 e. The van der Waals surface area contributed by atoms with Gasteiger partial charge in [-0.05, 0) is 36.5 Å². The Kier molecular flexibility index (Phi) is 6.42. The maximum Gasteiger partial charge on any atom is 0.142 e. The summed E-state index contributed by atoms with van der Waals surface area (Å²) in [6.45, 7) is 10.9. The van der Waals surface area contributed by atoms with Crippen LogP contribution in [0.2, 0.25) is 5.02 Å². The molecule has 1 heterocycles. The van der Waals surface area contributed by atoms with Crippen molar-refractivity contribution in [3.8, 4) is 0 Å². The summed E-state index contributed by atoms with van der Waals surface area (Å²) in [5.74, 6) is 0.0710.